The summed E-state index contributed by atoms with van der Waals surface area (Å²) in [7, 11) is 1.92. The maximum atomic E-state index is 11.7. The first kappa shape index (κ1) is 25.1. The molecule has 4 heterocycles. The summed E-state index contributed by atoms with van der Waals surface area (Å²) in [5.41, 5.74) is 0.410. The molecular formula is C23H35ClN4O3. The van der Waals surface area contributed by atoms with Gasteiger partial charge in [0.2, 0.25) is 0 Å². The first-order chi connectivity index (χ1) is 14.5. The fraction of sp³-hybridized carbons (Fsp3) is 0.609. The molecule has 7 nitrogen and oxygen atoms in total. The predicted molar refractivity (Wildman–Crippen MR) is 123 cm³/mol. The number of rotatable bonds is 2. The van der Waals surface area contributed by atoms with Gasteiger partial charge in [0.1, 0.15) is 18.2 Å². The van der Waals surface area contributed by atoms with E-state index in [1.165, 1.54) is 12.8 Å². The lowest BCUT2D eigenvalue weighted by molar-refractivity contribution is -0.0980. The van der Waals surface area contributed by atoms with Crippen LogP contribution in [0.1, 0.15) is 53.3 Å². The number of nitrogens with zero attached hydrogens (tertiary/aromatic N) is 3. The number of carbonyl (C=O) groups excluding carboxylic acids is 2. The van der Waals surface area contributed by atoms with Crippen molar-refractivity contribution in [3.8, 4) is 0 Å². The third-order valence-corrected chi connectivity index (χ3v) is 5.97. The summed E-state index contributed by atoms with van der Waals surface area (Å²) in [6, 6.07) is 3.79. The Morgan fingerprint density at radius 3 is 2.29 bits per heavy atom. The van der Waals surface area contributed by atoms with Crippen LogP contribution in [0.4, 0.5) is 4.79 Å². The number of piperidine rings is 2. The fourth-order valence-electron chi connectivity index (χ4n) is 3.91. The van der Waals surface area contributed by atoms with Crippen molar-refractivity contribution in [1.29, 1.82) is 0 Å². The molecule has 0 atom stereocenters. The van der Waals surface area contributed by atoms with Crippen molar-refractivity contribution in [3.63, 3.8) is 0 Å². The van der Waals surface area contributed by atoms with Gasteiger partial charge in [-0.3, -0.25) is 0 Å². The molecule has 5 rings (SSSR count). The van der Waals surface area contributed by atoms with Gasteiger partial charge in [0.05, 0.1) is 22.3 Å². The summed E-state index contributed by atoms with van der Waals surface area (Å²) >= 11 is 6.08. The SMILES string of the molecule is C=O.CC(C)(C)OC(=O)N1CC2CC(C2)C1.CNC(C)(C)c1ncc2c(Cl)cccn12. The number of amides is 1. The lowest BCUT2D eigenvalue weighted by Crippen LogP contribution is -2.52. The maximum Gasteiger partial charge on any atom is 0.410 e. The Morgan fingerprint density at radius 2 is 1.77 bits per heavy atom. The van der Waals surface area contributed by atoms with E-state index in [0.29, 0.717) is 0 Å². The van der Waals surface area contributed by atoms with Crippen molar-refractivity contribution < 1.29 is 14.3 Å². The molecule has 0 radical (unpaired) electrons. The molecule has 31 heavy (non-hydrogen) atoms. The van der Waals surface area contributed by atoms with Crippen LogP contribution in [-0.2, 0) is 15.1 Å². The zero-order valence-corrected chi connectivity index (χ0v) is 20.2. The minimum atomic E-state index is -0.362. The molecule has 0 spiro atoms. The van der Waals surface area contributed by atoms with E-state index in [9.17, 15) is 4.79 Å². The number of ether oxygens (including phenoxy) is 1. The molecule has 0 unspecified atom stereocenters. The van der Waals surface area contributed by atoms with Gasteiger partial charge < -0.3 is 24.1 Å². The van der Waals surface area contributed by atoms with E-state index in [2.05, 4.69) is 24.1 Å². The Hall–Kier alpha value is -2.12. The third kappa shape index (κ3) is 6.20. The van der Waals surface area contributed by atoms with Gasteiger partial charge in [-0.15, -0.1) is 0 Å². The number of carbonyl (C=O) groups is 2. The molecule has 0 aromatic carbocycles. The largest absolute Gasteiger partial charge is 0.444 e. The molecule has 1 N–H and O–H groups in total. The average molecular weight is 451 g/mol. The summed E-state index contributed by atoms with van der Waals surface area (Å²) in [6.45, 7) is 13.7. The van der Waals surface area contributed by atoms with Crippen molar-refractivity contribution in [1.82, 2.24) is 19.6 Å². The second-order valence-electron chi connectivity index (χ2n) is 9.66. The van der Waals surface area contributed by atoms with Gasteiger partial charge in [0.25, 0.3) is 0 Å². The monoisotopic (exact) mass is 450 g/mol. The number of aromatic nitrogens is 2. The normalized spacial score (nSPS) is 20.0. The van der Waals surface area contributed by atoms with Crippen molar-refractivity contribution in [2.45, 2.75) is 58.6 Å². The van der Waals surface area contributed by atoms with E-state index in [0.717, 1.165) is 41.3 Å². The van der Waals surface area contributed by atoms with Gasteiger partial charge >= 0.3 is 6.09 Å². The first-order valence-electron chi connectivity index (χ1n) is 10.6. The zero-order chi connectivity index (χ0) is 23.4. The Bertz CT molecular complexity index is 875. The highest BCUT2D eigenvalue weighted by Crippen LogP contribution is 2.39. The Morgan fingerprint density at radius 1 is 1.19 bits per heavy atom. The second kappa shape index (κ2) is 10.0. The number of pyridine rings is 1. The van der Waals surface area contributed by atoms with Crippen LogP contribution in [0.3, 0.4) is 0 Å². The van der Waals surface area contributed by atoms with E-state index < -0.39 is 0 Å². The van der Waals surface area contributed by atoms with Gasteiger partial charge in [-0.1, -0.05) is 11.6 Å². The number of hydrogen-bond donors (Lipinski definition) is 1. The molecule has 2 aliphatic heterocycles. The molecule has 2 aromatic heterocycles. The first-order valence-corrected chi connectivity index (χ1v) is 11.0. The number of hydrogen-bond acceptors (Lipinski definition) is 5. The highest BCUT2D eigenvalue weighted by atomic mass is 35.5. The zero-order valence-electron chi connectivity index (χ0n) is 19.4. The fourth-order valence-corrected chi connectivity index (χ4v) is 4.12. The molecule has 172 valence electrons. The Kier molecular flexibility index (Phi) is 8.11. The number of fused-ring (bicyclic) bond motifs is 3. The number of nitrogens with one attached hydrogen (secondary N) is 1. The quantitative estimate of drug-likeness (QED) is 0.727. The minimum Gasteiger partial charge on any atom is -0.444 e. The highest BCUT2D eigenvalue weighted by Gasteiger charge is 2.40. The van der Waals surface area contributed by atoms with E-state index in [-0.39, 0.29) is 17.2 Å². The van der Waals surface area contributed by atoms with Crippen molar-refractivity contribution in [2.75, 3.05) is 20.1 Å². The van der Waals surface area contributed by atoms with Gasteiger partial charge in [0, 0.05) is 19.3 Å². The number of halogens is 1. The summed E-state index contributed by atoms with van der Waals surface area (Å²) in [5.74, 6) is 2.46. The van der Waals surface area contributed by atoms with Crippen molar-refractivity contribution >= 4 is 30.0 Å². The van der Waals surface area contributed by atoms with Gasteiger partial charge in [-0.25, -0.2) is 9.78 Å². The molecule has 3 fully saturated rings. The minimum absolute atomic E-state index is 0.132. The molecule has 2 bridgehead atoms. The van der Waals surface area contributed by atoms with Crippen LogP contribution in [0.15, 0.2) is 24.5 Å². The van der Waals surface area contributed by atoms with Crippen molar-refractivity contribution in [2.24, 2.45) is 11.8 Å². The molecule has 1 saturated carbocycles. The molecular weight excluding hydrogens is 416 g/mol. The Balaban J connectivity index is 0.000000204. The van der Waals surface area contributed by atoms with Crippen molar-refractivity contribution in [3.05, 3.63) is 35.4 Å². The smallest absolute Gasteiger partial charge is 0.410 e. The summed E-state index contributed by atoms with van der Waals surface area (Å²) in [5, 5.41) is 3.95. The summed E-state index contributed by atoms with van der Waals surface area (Å²) < 4.78 is 7.35. The average Bonchev–Trinajstić information content (AvgIpc) is 3.15. The molecule has 8 heteroatoms. The van der Waals surface area contributed by atoms with E-state index in [1.807, 2.05) is 62.2 Å². The molecule has 2 saturated heterocycles. The molecule has 2 aromatic rings. The number of imidazole rings is 1. The van der Waals surface area contributed by atoms with Crippen LogP contribution < -0.4 is 5.32 Å². The summed E-state index contributed by atoms with van der Waals surface area (Å²) in [6.07, 6.45) is 6.28. The van der Waals surface area contributed by atoms with Crippen LogP contribution >= 0.6 is 11.6 Å². The standard InChI is InChI=1S/C11H14ClN3.C11H19NO2.CH2O/c1-11(2,13-3)10-14-7-9-8(12)5-4-6-15(9)10;1-11(2,3)14-10(13)12-6-8-4-9(5-8)7-12;1-2/h4-7,13H,1-3H3;8-9H,4-7H2,1-3H3;1H2. The predicted octanol–water partition coefficient (Wildman–Crippen LogP) is 4.52. The van der Waals surface area contributed by atoms with Crippen LogP contribution in [0.25, 0.3) is 5.52 Å². The van der Waals surface area contributed by atoms with E-state index >= 15 is 0 Å². The summed E-state index contributed by atoms with van der Waals surface area (Å²) in [4.78, 5) is 26.0. The molecule has 3 aliphatic rings. The maximum absolute atomic E-state index is 11.7. The lowest BCUT2D eigenvalue weighted by Gasteiger charge is -2.47. The molecule has 1 amide bonds. The van der Waals surface area contributed by atoms with Gasteiger partial charge in [-0.2, -0.15) is 0 Å². The van der Waals surface area contributed by atoms with Crippen LogP contribution in [-0.4, -0.2) is 52.9 Å². The van der Waals surface area contributed by atoms with Gasteiger partial charge in [-0.05, 0) is 78.5 Å². The van der Waals surface area contributed by atoms with Crippen LogP contribution in [0.2, 0.25) is 5.02 Å². The van der Waals surface area contributed by atoms with Gasteiger partial charge in [0.15, 0.2) is 0 Å². The lowest BCUT2D eigenvalue weighted by atomic mass is 9.71. The molecule has 1 aliphatic carbocycles. The third-order valence-electron chi connectivity index (χ3n) is 5.65. The Labute approximate surface area is 190 Å². The van der Waals surface area contributed by atoms with E-state index in [1.54, 1.807) is 6.20 Å². The van der Waals surface area contributed by atoms with E-state index in [4.69, 9.17) is 21.1 Å². The van der Waals surface area contributed by atoms with Crippen LogP contribution in [0, 0.1) is 11.8 Å². The topological polar surface area (TPSA) is 75.9 Å². The van der Waals surface area contributed by atoms with Crippen LogP contribution in [0.5, 0.6) is 0 Å². The highest BCUT2D eigenvalue weighted by molar-refractivity contribution is 6.33. The second-order valence-corrected chi connectivity index (χ2v) is 10.1.